The second-order valence-electron chi connectivity index (χ2n) is 7.51. The molecule has 0 aliphatic carbocycles. The van der Waals surface area contributed by atoms with E-state index in [9.17, 15) is 5.21 Å². The van der Waals surface area contributed by atoms with Crippen molar-refractivity contribution in [2.45, 2.75) is 44.8 Å². The minimum atomic E-state index is -0.000969. The molecule has 1 N–H and O–H groups in total. The largest absolute Gasteiger partial charge is 0.489 e. The first-order chi connectivity index (χ1) is 12.5. The van der Waals surface area contributed by atoms with Crippen molar-refractivity contribution in [3.8, 4) is 5.75 Å². The van der Waals surface area contributed by atoms with Crippen LogP contribution in [-0.2, 0) is 12.0 Å². The summed E-state index contributed by atoms with van der Waals surface area (Å²) >= 11 is 0. The Bertz CT molecular complexity index is 730. The van der Waals surface area contributed by atoms with Crippen molar-refractivity contribution < 1.29 is 9.94 Å². The number of benzene rings is 2. The van der Waals surface area contributed by atoms with Crippen molar-refractivity contribution >= 4 is 0 Å². The smallest absolute Gasteiger partial charge is 0.120 e. The van der Waals surface area contributed by atoms with E-state index in [1.54, 1.807) is 0 Å². The van der Waals surface area contributed by atoms with Crippen LogP contribution in [0, 0.1) is 5.92 Å². The predicted octanol–water partition coefficient (Wildman–Crippen LogP) is 5.20. The number of piperidine rings is 1. The van der Waals surface area contributed by atoms with Crippen molar-refractivity contribution in [2.75, 3.05) is 6.54 Å². The maximum atomic E-state index is 10.3. The van der Waals surface area contributed by atoms with Gasteiger partial charge in [-0.3, -0.25) is 0 Å². The number of hydrogen-bond donors (Lipinski definition) is 1. The molecule has 3 rings (SSSR count). The first-order valence-corrected chi connectivity index (χ1v) is 9.38. The van der Waals surface area contributed by atoms with Crippen molar-refractivity contribution in [3.63, 3.8) is 0 Å². The van der Waals surface area contributed by atoms with E-state index in [0.717, 1.165) is 24.2 Å². The lowest BCUT2D eigenvalue weighted by molar-refractivity contribution is -0.171. The second-order valence-corrected chi connectivity index (χ2v) is 7.51. The fourth-order valence-corrected chi connectivity index (χ4v) is 4.01. The maximum Gasteiger partial charge on any atom is 0.120 e. The third-order valence-electron chi connectivity index (χ3n) is 5.98. The standard InChI is InChI=1S/C23H29NO2/c1-4-9-22-18(2)23(3,14-15-24(22)25)20-12-8-13-21(16-20)26-17-19-10-6-5-7-11-19/h4-8,10-13,16,18,22,25H,1,9,14-15,17H2,2-3H3/t18-,22+,23+/m0/s1. The molecular formula is C23H29NO2. The van der Waals surface area contributed by atoms with Gasteiger partial charge in [0, 0.05) is 12.6 Å². The molecule has 0 unspecified atom stereocenters. The molecule has 3 atom stereocenters. The van der Waals surface area contributed by atoms with Gasteiger partial charge in [-0.25, -0.2) is 0 Å². The Balaban J connectivity index is 1.78. The Kier molecular flexibility index (Phi) is 5.80. The zero-order valence-corrected chi connectivity index (χ0v) is 15.8. The van der Waals surface area contributed by atoms with Crippen molar-refractivity contribution in [3.05, 3.63) is 78.4 Å². The Morgan fingerprint density at radius 1 is 1.23 bits per heavy atom. The topological polar surface area (TPSA) is 32.7 Å². The van der Waals surface area contributed by atoms with Gasteiger partial charge in [-0.1, -0.05) is 62.4 Å². The van der Waals surface area contributed by atoms with Gasteiger partial charge >= 0.3 is 0 Å². The van der Waals surface area contributed by atoms with Crippen LogP contribution >= 0.6 is 0 Å². The molecular weight excluding hydrogens is 322 g/mol. The molecule has 0 aromatic heterocycles. The van der Waals surface area contributed by atoms with Gasteiger partial charge in [-0.05, 0) is 47.4 Å². The molecule has 1 aliphatic rings. The van der Waals surface area contributed by atoms with Crippen LogP contribution in [0.25, 0.3) is 0 Å². The number of ether oxygens (including phenoxy) is 1. The molecule has 1 heterocycles. The molecule has 1 aliphatic heterocycles. The quantitative estimate of drug-likeness (QED) is 0.726. The molecule has 0 radical (unpaired) electrons. The third kappa shape index (κ3) is 3.84. The van der Waals surface area contributed by atoms with E-state index in [1.165, 1.54) is 10.6 Å². The first kappa shape index (κ1) is 18.7. The lowest BCUT2D eigenvalue weighted by Crippen LogP contribution is -2.52. The first-order valence-electron chi connectivity index (χ1n) is 9.38. The average molecular weight is 351 g/mol. The number of hydrogen-bond acceptors (Lipinski definition) is 3. The molecule has 0 saturated carbocycles. The second kappa shape index (κ2) is 8.07. The summed E-state index contributed by atoms with van der Waals surface area (Å²) in [7, 11) is 0. The van der Waals surface area contributed by atoms with Crippen molar-refractivity contribution in [2.24, 2.45) is 5.92 Å². The summed E-state index contributed by atoms with van der Waals surface area (Å²) < 4.78 is 6.02. The highest BCUT2D eigenvalue weighted by molar-refractivity contribution is 5.35. The number of hydroxylamine groups is 2. The lowest BCUT2D eigenvalue weighted by atomic mass is 9.65. The van der Waals surface area contributed by atoms with Crippen LogP contribution in [0.4, 0.5) is 0 Å². The monoisotopic (exact) mass is 351 g/mol. The Labute approximate surface area is 156 Å². The van der Waals surface area contributed by atoms with Crippen LogP contribution in [0.3, 0.4) is 0 Å². The molecule has 2 aromatic rings. The minimum absolute atomic E-state index is 0.000969. The van der Waals surface area contributed by atoms with Crippen LogP contribution in [-0.4, -0.2) is 22.9 Å². The summed E-state index contributed by atoms with van der Waals surface area (Å²) in [6.45, 7) is 9.63. The molecule has 1 fully saturated rings. The van der Waals surface area contributed by atoms with Gasteiger partial charge < -0.3 is 9.94 Å². The SMILES string of the molecule is C=CC[C@@H]1[C@H](C)[C@](C)(c2cccc(OCc3ccccc3)c2)CCN1O. The van der Waals surface area contributed by atoms with Crippen LogP contribution in [0.15, 0.2) is 67.3 Å². The van der Waals surface area contributed by atoms with E-state index >= 15 is 0 Å². The van der Waals surface area contributed by atoms with Gasteiger partial charge in [0.2, 0.25) is 0 Å². The summed E-state index contributed by atoms with van der Waals surface area (Å²) in [5.74, 6) is 1.20. The number of rotatable bonds is 6. The van der Waals surface area contributed by atoms with Crippen LogP contribution < -0.4 is 4.74 Å². The van der Waals surface area contributed by atoms with E-state index < -0.39 is 0 Å². The van der Waals surface area contributed by atoms with Crippen LogP contribution in [0.2, 0.25) is 0 Å². The van der Waals surface area contributed by atoms with Gasteiger partial charge in [0.1, 0.15) is 12.4 Å². The van der Waals surface area contributed by atoms with E-state index in [-0.39, 0.29) is 11.5 Å². The zero-order valence-electron chi connectivity index (χ0n) is 15.8. The number of nitrogens with zero attached hydrogens (tertiary/aromatic N) is 1. The fraction of sp³-hybridized carbons (Fsp3) is 0.391. The molecule has 3 heteroatoms. The van der Waals surface area contributed by atoms with Gasteiger partial charge in [0.15, 0.2) is 0 Å². The average Bonchev–Trinajstić information content (AvgIpc) is 2.68. The fourth-order valence-electron chi connectivity index (χ4n) is 4.01. The van der Waals surface area contributed by atoms with Crippen molar-refractivity contribution in [1.82, 2.24) is 5.06 Å². The summed E-state index contributed by atoms with van der Waals surface area (Å²) in [6.07, 6.45) is 3.60. The lowest BCUT2D eigenvalue weighted by Gasteiger charge is -2.48. The van der Waals surface area contributed by atoms with E-state index in [2.05, 4.69) is 50.8 Å². The molecule has 3 nitrogen and oxygen atoms in total. The molecule has 0 spiro atoms. The Morgan fingerprint density at radius 2 is 2.00 bits per heavy atom. The Hall–Kier alpha value is -2.10. The highest BCUT2D eigenvalue weighted by Crippen LogP contribution is 2.43. The van der Waals surface area contributed by atoms with Gasteiger partial charge in [-0.15, -0.1) is 6.58 Å². The van der Waals surface area contributed by atoms with Crippen LogP contribution in [0.1, 0.15) is 37.8 Å². The molecule has 2 aromatic carbocycles. The molecule has 0 bridgehead atoms. The van der Waals surface area contributed by atoms with Gasteiger partial charge in [-0.2, -0.15) is 5.06 Å². The van der Waals surface area contributed by atoms with E-state index in [0.29, 0.717) is 19.1 Å². The minimum Gasteiger partial charge on any atom is -0.489 e. The highest BCUT2D eigenvalue weighted by atomic mass is 16.5. The van der Waals surface area contributed by atoms with Gasteiger partial charge in [0.05, 0.1) is 0 Å². The summed E-state index contributed by atoms with van der Waals surface area (Å²) in [6, 6.07) is 18.7. The predicted molar refractivity (Wildman–Crippen MR) is 105 cm³/mol. The summed E-state index contributed by atoms with van der Waals surface area (Å²) in [5, 5.41) is 11.8. The van der Waals surface area contributed by atoms with Crippen LogP contribution in [0.5, 0.6) is 5.75 Å². The maximum absolute atomic E-state index is 10.3. The molecule has 138 valence electrons. The molecule has 0 amide bonds. The van der Waals surface area contributed by atoms with Crippen molar-refractivity contribution in [1.29, 1.82) is 0 Å². The van der Waals surface area contributed by atoms with E-state index in [4.69, 9.17) is 4.74 Å². The normalized spacial score (nSPS) is 26.4. The zero-order chi connectivity index (χ0) is 18.6. The summed E-state index contributed by atoms with van der Waals surface area (Å²) in [4.78, 5) is 0. The van der Waals surface area contributed by atoms with Gasteiger partial charge in [0.25, 0.3) is 0 Å². The summed E-state index contributed by atoms with van der Waals surface area (Å²) in [5.41, 5.74) is 2.44. The molecule has 26 heavy (non-hydrogen) atoms. The highest BCUT2D eigenvalue weighted by Gasteiger charge is 2.43. The third-order valence-corrected chi connectivity index (χ3v) is 5.98. The Morgan fingerprint density at radius 3 is 2.73 bits per heavy atom. The van der Waals surface area contributed by atoms with E-state index in [1.807, 2.05) is 30.3 Å². The molecule has 1 saturated heterocycles.